The summed E-state index contributed by atoms with van der Waals surface area (Å²) in [5.41, 5.74) is 3.17. The Morgan fingerprint density at radius 1 is 0.977 bits per heavy atom. The highest BCUT2D eigenvalue weighted by Gasteiger charge is 2.43. The van der Waals surface area contributed by atoms with Crippen LogP contribution in [-0.4, -0.2) is 107 Å². The quantitative estimate of drug-likeness (QED) is 0.365. The lowest BCUT2D eigenvalue weighted by molar-refractivity contribution is -0.139. The van der Waals surface area contributed by atoms with Crippen LogP contribution in [-0.2, 0) is 11.3 Å². The van der Waals surface area contributed by atoms with Crippen molar-refractivity contribution >= 4 is 5.91 Å². The molecule has 1 aromatic heterocycles. The normalized spacial score (nSPS) is 21.1. The second kappa shape index (κ2) is 13.4. The van der Waals surface area contributed by atoms with Gasteiger partial charge in [-0.3, -0.25) is 14.6 Å². The third kappa shape index (κ3) is 6.51. The van der Waals surface area contributed by atoms with Gasteiger partial charge in [0.1, 0.15) is 25.7 Å². The van der Waals surface area contributed by atoms with Crippen molar-refractivity contribution in [1.82, 2.24) is 24.7 Å². The molecule has 0 unspecified atom stereocenters. The first-order chi connectivity index (χ1) is 21.1. The fourth-order valence-electron chi connectivity index (χ4n) is 6.69. The zero-order valence-electron chi connectivity index (χ0n) is 24.6. The van der Waals surface area contributed by atoms with Crippen molar-refractivity contribution in [3.8, 4) is 11.8 Å². The van der Waals surface area contributed by atoms with E-state index < -0.39 is 13.3 Å². The van der Waals surface area contributed by atoms with Gasteiger partial charge in [0.25, 0.3) is 0 Å². The van der Waals surface area contributed by atoms with E-state index in [1.807, 2.05) is 12.1 Å². The van der Waals surface area contributed by atoms with Crippen LogP contribution in [0, 0.1) is 0 Å². The molecule has 0 radical (unpaired) electrons. The van der Waals surface area contributed by atoms with Crippen LogP contribution in [0.1, 0.15) is 47.2 Å². The Morgan fingerprint density at radius 2 is 1.65 bits per heavy atom. The van der Waals surface area contributed by atoms with Gasteiger partial charge in [0.05, 0.1) is 12.7 Å². The summed E-state index contributed by atoms with van der Waals surface area (Å²) < 4.78 is 24.9. The fraction of sp³-hybridized carbons (Fsp3) is 0.485. The van der Waals surface area contributed by atoms with Gasteiger partial charge in [-0.25, -0.2) is 4.39 Å². The average Bonchev–Trinajstić information content (AvgIpc) is 3.90. The van der Waals surface area contributed by atoms with E-state index in [0.717, 1.165) is 25.9 Å². The van der Waals surface area contributed by atoms with E-state index >= 15 is 0 Å². The molecule has 2 aliphatic heterocycles. The molecule has 2 saturated heterocycles. The van der Waals surface area contributed by atoms with Crippen LogP contribution in [0.25, 0.3) is 0 Å². The van der Waals surface area contributed by atoms with Crippen LogP contribution in [0.5, 0.6) is 11.8 Å². The van der Waals surface area contributed by atoms with Gasteiger partial charge >= 0.3 is 0 Å². The number of aliphatic hydroxyl groups is 1. The third-order valence-corrected chi connectivity index (χ3v) is 8.84. The number of hydrogen-bond donors (Lipinski definition) is 1. The van der Waals surface area contributed by atoms with Crippen LogP contribution in [0.4, 0.5) is 4.39 Å². The number of aliphatic hydroxyl groups excluding tert-OH is 1. The first-order valence-corrected chi connectivity index (χ1v) is 15.2. The molecule has 228 valence electrons. The molecular formula is C33H40FN5O4. The summed E-state index contributed by atoms with van der Waals surface area (Å²) in [4.78, 5) is 28.7. The molecule has 3 aliphatic rings. The number of amides is 1. The number of halogens is 1. The molecule has 1 amide bonds. The molecule has 9 nitrogen and oxygen atoms in total. The van der Waals surface area contributed by atoms with Gasteiger partial charge in [0.2, 0.25) is 17.7 Å². The van der Waals surface area contributed by atoms with E-state index in [9.17, 15) is 14.3 Å². The van der Waals surface area contributed by atoms with Crippen molar-refractivity contribution in [2.45, 2.75) is 43.3 Å². The number of piperazine rings is 2. The van der Waals surface area contributed by atoms with E-state index in [1.54, 1.807) is 12.0 Å². The maximum Gasteiger partial charge on any atom is 0.248 e. The minimum absolute atomic E-state index is 0.0470. The first kappa shape index (κ1) is 29.5. The number of aromatic nitrogens is 2. The molecular weight excluding hydrogens is 549 g/mol. The van der Waals surface area contributed by atoms with Gasteiger partial charge in [-0.2, -0.15) is 9.97 Å². The predicted octanol–water partition coefficient (Wildman–Crippen LogP) is 3.23. The molecule has 0 spiro atoms. The van der Waals surface area contributed by atoms with Gasteiger partial charge in [-0.05, 0) is 24.0 Å². The smallest absolute Gasteiger partial charge is 0.248 e. The van der Waals surface area contributed by atoms with E-state index in [1.165, 1.54) is 11.1 Å². The van der Waals surface area contributed by atoms with Crippen molar-refractivity contribution in [2.75, 3.05) is 59.7 Å². The van der Waals surface area contributed by atoms with E-state index in [4.69, 9.17) is 19.4 Å². The number of fused-ring (bicyclic) bond motifs is 1. The Bertz CT molecular complexity index is 1340. The van der Waals surface area contributed by atoms with Crippen LogP contribution in [0.15, 0.2) is 60.7 Å². The van der Waals surface area contributed by atoms with Crippen LogP contribution < -0.4 is 9.47 Å². The van der Waals surface area contributed by atoms with Crippen LogP contribution >= 0.6 is 0 Å². The van der Waals surface area contributed by atoms with Gasteiger partial charge in [-0.1, -0.05) is 60.7 Å². The number of hydrogen-bond acceptors (Lipinski definition) is 8. The molecule has 6 rings (SSSR count). The van der Waals surface area contributed by atoms with Gasteiger partial charge in [0.15, 0.2) is 0 Å². The topological polar surface area (TPSA) is 91.3 Å². The van der Waals surface area contributed by atoms with Crippen molar-refractivity contribution in [3.05, 3.63) is 83.2 Å². The van der Waals surface area contributed by atoms with Crippen LogP contribution in [0.2, 0.25) is 0 Å². The largest absolute Gasteiger partial charge is 0.481 e. The maximum atomic E-state index is 13.2. The highest BCUT2D eigenvalue weighted by atomic mass is 19.1. The lowest BCUT2D eigenvalue weighted by Crippen LogP contribution is -2.67. The monoisotopic (exact) mass is 589 g/mol. The second-order valence-corrected chi connectivity index (χ2v) is 11.6. The summed E-state index contributed by atoms with van der Waals surface area (Å²) >= 11 is 0. The first-order valence-electron chi connectivity index (χ1n) is 15.2. The zero-order valence-corrected chi connectivity index (χ0v) is 24.6. The SMILES string of the molecule is COc1nc(C2CC2)nc(OCCF)c1CN1C[C@@H]2CN(C(=O)CO)CCN2[C@H](C(c2ccccc2)c2ccccc2)C1. The van der Waals surface area contributed by atoms with Gasteiger partial charge in [-0.15, -0.1) is 0 Å². The third-order valence-electron chi connectivity index (χ3n) is 8.84. The summed E-state index contributed by atoms with van der Waals surface area (Å²) in [6.07, 6.45) is 2.06. The molecule has 2 aromatic carbocycles. The number of rotatable bonds is 11. The summed E-state index contributed by atoms with van der Waals surface area (Å²) in [5, 5.41) is 9.61. The minimum atomic E-state index is -0.613. The summed E-state index contributed by atoms with van der Waals surface area (Å²) in [6, 6.07) is 21.3. The second-order valence-electron chi connectivity index (χ2n) is 11.6. The van der Waals surface area contributed by atoms with Crippen molar-refractivity contribution in [3.63, 3.8) is 0 Å². The number of methoxy groups -OCH3 is 1. The summed E-state index contributed by atoms with van der Waals surface area (Å²) in [7, 11) is 1.60. The van der Waals surface area contributed by atoms with E-state index in [-0.39, 0.29) is 30.5 Å². The number of carbonyl (C=O) groups is 1. The fourth-order valence-corrected chi connectivity index (χ4v) is 6.69. The van der Waals surface area contributed by atoms with Crippen molar-refractivity contribution in [2.24, 2.45) is 0 Å². The molecule has 3 aromatic rings. The average molecular weight is 590 g/mol. The summed E-state index contributed by atoms with van der Waals surface area (Å²) in [6.45, 7) is 2.53. The molecule has 2 atom stereocenters. The van der Waals surface area contributed by atoms with E-state index in [2.05, 4.69) is 58.3 Å². The van der Waals surface area contributed by atoms with Gasteiger partial charge in [0, 0.05) is 63.2 Å². The number of nitrogens with zero attached hydrogens (tertiary/aromatic N) is 5. The molecule has 1 N–H and O–H groups in total. The minimum Gasteiger partial charge on any atom is -0.481 e. The van der Waals surface area contributed by atoms with Crippen molar-refractivity contribution < 1.29 is 23.8 Å². The lowest BCUT2D eigenvalue weighted by Gasteiger charge is -2.53. The highest BCUT2D eigenvalue weighted by Crippen LogP contribution is 2.41. The molecule has 0 bridgehead atoms. The molecule has 43 heavy (non-hydrogen) atoms. The van der Waals surface area contributed by atoms with E-state index in [0.29, 0.717) is 55.2 Å². The zero-order chi connectivity index (χ0) is 29.8. The van der Waals surface area contributed by atoms with Gasteiger partial charge < -0.3 is 19.5 Å². The Kier molecular flexibility index (Phi) is 9.16. The Labute approximate surface area is 252 Å². The standard InChI is InChI=1S/C33H40FN5O4/c1-42-32-27(33(43-17-14-34)36-31(35-32)25-12-13-25)20-37-18-26-19-38(29(41)22-40)15-16-39(26)28(21-37)30(23-8-4-2-5-9-23)24-10-6-3-7-11-24/h2-11,25-26,28,30,40H,12-22H2,1H3/t26-,28+/m1/s1. The number of ether oxygens (including phenoxy) is 2. The lowest BCUT2D eigenvalue weighted by atomic mass is 9.81. The Balaban J connectivity index is 1.37. The van der Waals surface area contributed by atoms with Crippen molar-refractivity contribution in [1.29, 1.82) is 0 Å². The Morgan fingerprint density at radius 3 is 2.26 bits per heavy atom. The molecule has 1 saturated carbocycles. The van der Waals surface area contributed by atoms with Crippen LogP contribution in [0.3, 0.4) is 0 Å². The molecule has 1 aliphatic carbocycles. The number of alkyl halides is 1. The molecule has 10 heteroatoms. The number of benzene rings is 2. The molecule has 3 heterocycles. The molecule has 3 fully saturated rings. The number of carbonyl (C=O) groups excluding carboxylic acids is 1. The predicted molar refractivity (Wildman–Crippen MR) is 160 cm³/mol. The maximum absolute atomic E-state index is 13.2. The summed E-state index contributed by atoms with van der Waals surface area (Å²) in [5.74, 6) is 1.67. The Hall–Kier alpha value is -3.60. The highest BCUT2D eigenvalue weighted by molar-refractivity contribution is 5.77.